The minimum absolute atomic E-state index is 0.109. The Balaban J connectivity index is 1.83. The van der Waals surface area contributed by atoms with Crippen molar-refractivity contribution in [1.29, 1.82) is 0 Å². The van der Waals surface area contributed by atoms with E-state index >= 15 is 0 Å². The normalized spacial score (nSPS) is 15.7. The lowest BCUT2D eigenvalue weighted by atomic mass is 9.88. The molecule has 0 saturated heterocycles. The average Bonchev–Trinajstić information content (AvgIpc) is 2.66. The summed E-state index contributed by atoms with van der Waals surface area (Å²) in [7, 11) is 0. The fourth-order valence-corrected chi connectivity index (χ4v) is 3.81. The quantitative estimate of drug-likeness (QED) is 0.706. The number of amides is 1. The first-order chi connectivity index (χ1) is 13.9. The second-order valence-electron chi connectivity index (χ2n) is 7.15. The molecular formula is C22H20F2N4O. The number of nitrogen functional groups attached to an aromatic ring is 1. The molecule has 0 aliphatic carbocycles. The van der Waals surface area contributed by atoms with Crippen LogP contribution in [0.1, 0.15) is 45.8 Å². The second kappa shape index (κ2) is 7.24. The number of benzene rings is 2. The monoisotopic (exact) mass is 394 g/mol. The van der Waals surface area contributed by atoms with Crippen LogP contribution in [0.15, 0.2) is 36.4 Å². The van der Waals surface area contributed by atoms with Crippen LogP contribution >= 0.6 is 0 Å². The van der Waals surface area contributed by atoms with E-state index in [0.717, 1.165) is 5.56 Å². The number of nitrogens with zero attached hydrogens (tertiary/aromatic N) is 2. The van der Waals surface area contributed by atoms with E-state index in [-0.39, 0.29) is 17.4 Å². The van der Waals surface area contributed by atoms with Gasteiger partial charge >= 0.3 is 0 Å². The number of nitrogens with two attached hydrogens (primary N) is 1. The molecule has 7 heteroatoms. The SMILES string of the molecule is CCc1nc(N)nc2c1C(=O)NC(c1ccc(F)cc1-c1ccc(C)cc1F)C2. The predicted octanol–water partition coefficient (Wildman–Crippen LogP) is 3.90. The Bertz CT molecular complexity index is 1130. The fourth-order valence-electron chi connectivity index (χ4n) is 3.81. The van der Waals surface area contributed by atoms with Gasteiger partial charge < -0.3 is 11.1 Å². The van der Waals surface area contributed by atoms with Crippen LogP contribution in [-0.2, 0) is 12.8 Å². The molecule has 148 valence electrons. The number of hydrogen-bond donors (Lipinski definition) is 2. The van der Waals surface area contributed by atoms with Crippen LogP contribution < -0.4 is 11.1 Å². The number of aryl methyl sites for hydroxylation is 2. The van der Waals surface area contributed by atoms with Crippen molar-refractivity contribution in [2.45, 2.75) is 32.7 Å². The summed E-state index contributed by atoms with van der Waals surface area (Å²) in [6.45, 7) is 3.67. The maximum atomic E-state index is 14.6. The van der Waals surface area contributed by atoms with E-state index in [1.54, 1.807) is 25.1 Å². The van der Waals surface area contributed by atoms with E-state index in [4.69, 9.17) is 5.73 Å². The molecular weight excluding hydrogens is 374 g/mol. The minimum Gasteiger partial charge on any atom is -0.368 e. The number of halogens is 2. The summed E-state index contributed by atoms with van der Waals surface area (Å²) >= 11 is 0. The van der Waals surface area contributed by atoms with Gasteiger partial charge in [-0.25, -0.2) is 18.7 Å². The molecule has 5 nitrogen and oxygen atoms in total. The number of aromatic nitrogens is 2. The summed E-state index contributed by atoms with van der Waals surface area (Å²) in [4.78, 5) is 21.2. The average molecular weight is 394 g/mol. The molecule has 1 aliphatic heterocycles. The van der Waals surface area contributed by atoms with Crippen LogP contribution in [-0.4, -0.2) is 15.9 Å². The van der Waals surface area contributed by atoms with Crippen molar-refractivity contribution in [3.8, 4) is 11.1 Å². The van der Waals surface area contributed by atoms with Crippen molar-refractivity contribution in [3.05, 3.63) is 76.1 Å². The summed E-state index contributed by atoms with van der Waals surface area (Å²) in [5, 5.41) is 2.94. The highest BCUT2D eigenvalue weighted by molar-refractivity contribution is 5.98. The lowest BCUT2D eigenvalue weighted by molar-refractivity contribution is 0.0922. The third-order valence-electron chi connectivity index (χ3n) is 5.15. The molecule has 2 aromatic carbocycles. The zero-order valence-corrected chi connectivity index (χ0v) is 16.1. The van der Waals surface area contributed by atoms with Crippen LogP contribution in [0.5, 0.6) is 0 Å². The van der Waals surface area contributed by atoms with E-state index in [0.29, 0.717) is 40.9 Å². The van der Waals surface area contributed by atoms with Crippen molar-refractivity contribution >= 4 is 11.9 Å². The van der Waals surface area contributed by atoms with Gasteiger partial charge in [-0.3, -0.25) is 4.79 Å². The Hall–Kier alpha value is -3.35. The van der Waals surface area contributed by atoms with Crippen LogP contribution in [0.3, 0.4) is 0 Å². The summed E-state index contributed by atoms with van der Waals surface area (Å²) < 4.78 is 28.7. The zero-order valence-electron chi connectivity index (χ0n) is 16.1. The molecule has 1 amide bonds. The fraction of sp³-hybridized carbons (Fsp3) is 0.227. The number of anilines is 1. The largest absolute Gasteiger partial charge is 0.368 e. The summed E-state index contributed by atoms with van der Waals surface area (Å²) in [5.41, 5.74) is 9.44. The first-order valence-electron chi connectivity index (χ1n) is 9.39. The molecule has 3 aromatic rings. The van der Waals surface area contributed by atoms with Gasteiger partial charge in [0.05, 0.1) is 23.0 Å². The van der Waals surface area contributed by atoms with E-state index in [1.807, 2.05) is 6.92 Å². The molecule has 0 saturated carbocycles. The van der Waals surface area contributed by atoms with Crippen molar-refractivity contribution in [2.75, 3.05) is 5.73 Å². The highest BCUT2D eigenvalue weighted by Crippen LogP contribution is 2.35. The van der Waals surface area contributed by atoms with Crippen LogP contribution in [0, 0.1) is 18.6 Å². The second-order valence-corrected chi connectivity index (χ2v) is 7.15. The zero-order chi connectivity index (χ0) is 20.7. The van der Waals surface area contributed by atoms with Crippen molar-refractivity contribution < 1.29 is 13.6 Å². The van der Waals surface area contributed by atoms with Gasteiger partial charge in [-0.1, -0.05) is 25.1 Å². The van der Waals surface area contributed by atoms with Crippen LogP contribution in [0.4, 0.5) is 14.7 Å². The summed E-state index contributed by atoms with van der Waals surface area (Å²) in [5.74, 6) is -1.13. The lowest BCUT2D eigenvalue weighted by Gasteiger charge is -2.28. The maximum absolute atomic E-state index is 14.6. The summed E-state index contributed by atoms with van der Waals surface area (Å²) in [6, 6.07) is 8.46. The Labute approximate surface area is 167 Å². The molecule has 29 heavy (non-hydrogen) atoms. The van der Waals surface area contributed by atoms with E-state index < -0.39 is 17.7 Å². The molecule has 1 aromatic heterocycles. The Morgan fingerprint density at radius 3 is 2.66 bits per heavy atom. The topological polar surface area (TPSA) is 80.9 Å². The molecule has 0 bridgehead atoms. The van der Waals surface area contributed by atoms with Gasteiger partial charge in [0, 0.05) is 12.0 Å². The Kier molecular flexibility index (Phi) is 4.74. The molecule has 1 atom stereocenters. The molecule has 1 aliphatic rings. The van der Waals surface area contributed by atoms with Crippen LogP contribution in [0.2, 0.25) is 0 Å². The van der Waals surface area contributed by atoms with Crippen LogP contribution in [0.25, 0.3) is 11.1 Å². The van der Waals surface area contributed by atoms with Crippen molar-refractivity contribution in [1.82, 2.24) is 15.3 Å². The van der Waals surface area contributed by atoms with Gasteiger partial charge in [0.15, 0.2) is 0 Å². The van der Waals surface area contributed by atoms with E-state index in [9.17, 15) is 13.6 Å². The molecule has 1 unspecified atom stereocenters. The van der Waals surface area contributed by atoms with Gasteiger partial charge in [-0.2, -0.15) is 0 Å². The summed E-state index contributed by atoms with van der Waals surface area (Å²) in [6.07, 6.45) is 0.899. The molecule has 0 radical (unpaired) electrons. The molecule has 0 fully saturated rings. The molecule has 0 spiro atoms. The molecule has 3 N–H and O–H groups in total. The number of nitrogens with one attached hydrogen (secondary N) is 1. The Morgan fingerprint density at radius 1 is 1.14 bits per heavy atom. The number of carbonyl (C=O) groups excluding carboxylic acids is 1. The highest BCUT2D eigenvalue weighted by Gasteiger charge is 2.31. The van der Waals surface area contributed by atoms with Crippen molar-refractivity contribution in [3.63, 3.8) is 0 Å². The maximum Gasteiger partial charge on any atom is 0.255 e. The third-order valence-corrected chi connectivity index (χ3v) is 5.15. The van der Waals surface area contributed by atoms with Gasteiger partial charge in [0.2, 0.25) is 5.95 Å². The third kappa shape index (κ3) is 3.44. The minimum atomic E-state index is -0.495. The van der Waals surface area contributed by atoms with E-state index in [1.165, 1.54) is 18.2 Å². The highest BCUT2D eigenvalue weighted by atomic mass is 19.1. The van der Waals surface area contributed by atoms with E-state index in [2.05, 4.69) is 15.3 Å². The lowest BCUT2D eigenvalue weighted by Crippen LogP contribution is -2.37. The Morgan fingerprint density at radius 2 is 1.93 bits per heavy atom. The van der Waals surface area contributed by atoms with Gasteiger partial charge in [-0.05, 0) is 48.2 Å². The number of fused-ring (bicyclic) bond motifs is 1. The first-order valence-corrected chi connectivity index (χ1v) is 9.39. The number of rotatable bonds is 3. The first kappa shape index (κ1) is 19.0. The standard InChI is InChI=1S/C22H20F2N4O/c1-3-17-20-19(28-22(25)27-17)10-18(26-21(20)29)14-7-5-12(23)9-15(14)13-6-4-11(2)8-16(13)24/h4-9,18H,3,10H2,1-2H3,(H,26,29)(H2,25,27,28). The predicted molar refractivity (Wildman–Crippen MR) is 106 cm³/mol. The van der Waals surface area contributed by atoms with Crippen molar-refractivity contribution in [2.24, 2.45) is 0 Å². The number of hydrogen-bond acceptors (Lipinski definition) is 4. The molecule has 2 heterocycles. The van der Waals surface area contributed by atoms with Gasteiger partial charge in [-0.15, -0.1) is 0 Å². The number of carbonyl (C=O) groups is 1. The van der Waals surface area contributed by atoms with Gasteiger partial charge in [0.25, 0.3) is 5.91 Å². The smallest absolute Gasteiger partial charge is 0.255 e. The molecule has 4 rings (SSSR count). The van der Waals surface area contributed by atoms with Gasteiger partial charge in [0.1, 0.15) is 11.6 Å².